The van der Waals surface area contributed by atoms with E-state index in [2.05, 4.69) is 5.32 Å². The van der Waals surface area contributed by atoms with Crippen molar-refractivity contribution >= 4 is 0 Å². The lowest BCUT2D eigenvalue weighted by Gasteiger charge is -2.24. The van der Waals surface area contributed by atoms with Crippen molar-refractivity contribution in [2.45, 2.75) is 25.3 Å². The molecule has 0 saturated carbocycles. The molecule has 1 atom stereocenters. The molecule has 4 heteroatoms. The number of ether oxygens (including phenoxy) is 1. The molecule has 1 aromatic rings. The van der Waals surface area contributed by atoms with Crippen molar-refractivity contribution in [2.24, 2.45) is 0 Å². The van der Waals surface area contributed by atoms with E-state index in [1.807, 2.05) is 0 Å². The second kappa shape index (κ2) is 4.78. The molecular weight excluding hydrogens is 212 g/mol. The first-order valence-corrected chi connectivity index (χ1v) is 5.48. The maximum absolute atomic E-state index is 13.7. The Hall–Kier alpha value is -1.16. The second-order valence-corrected chi connectivity index (χ2v) is 4.01. The SMILES string of the molecule is COc1cc(F)c([C@@H]2CCCCN2)c(F)c1. The number of nitrogens with one attached hydrogen (secondary N) is 1. The van der Waals surface area contributed by atoms with Gasteiger partial charge in [0.25, 0.3) is 0 Å². The first kappa shape index (κ1) is 11.3. The van der Waals surface area contributed by atoms with Gasteiger partial charge >= 0.3 is 0 Å². The van der Waals surface area contributed by atoms with Gasteiger partial charge in [0.05, 0.1) is 7.11 Å². The zero-order valence-electron chi connectivity index (χ0n) is 9.22. The van der Waals surface area contributed by atoms with Crippen molar-refractivity contribution in [1.82, 2.24) is 5.32 Å². The third-order valence-electron chi connectivity index (χ3n) is 2.95. The van der Waals surface area contributed by atoms with Crippen LogP contribution in [0.5, 0.6) is 5.75 Å². The lowest BCUT2D eigenvalue weighted by atomic mass is 9.96. The minimum absolute atomic E-state index is 0.139. The van der Waals surface area contributed by atoms with Crippen LogP contribution in [-0.2, 0) is 0 Å². The van der Waals surface area contributed by atoms with E-state index in [4.69, 9.17) is 4.74 Å². The highest BCUT2D eigenvalue weighted by atomic mass is 19.1. The number of benzene rings is 1. The lowest BCUT2D eigenvalue weighted by molar-refractivity contribution is 0.375. The van der Waals surface area contributed by atoms with E-state index in [0.29, 0.717) is 0 Å². The van der Waals surface area contributed by atoms with Gasteiger partial charge in [-0.2, -0.15) is 0 Å². The largest absolute Gasteiger partial charge is 0.497 e. The average molecular weight is 227 g/mol. The van der Waals surface area contributed by atoms with Crippen molar-refractivity contribution in [3.8, 4) is 5.75 Å². The van der Waals surface area contributed by atoms with E-state index in [9.17, 15) is 8.78 Å². The minimum Gasteiger partial charge on any atom is -0.497 e. The predicted molar refractivity (Wildman–Crippen MR) is 57.5 cm³/mol. The van der Waals surface area contributed by atoms with E-state index < -0.39 is 11.6 Å². The third-order valence-corrected chi connectivity index (χ3v) is 2.95. The summed E-state index contributed by atoms with van der Waals surface area (Å²) < 4.78 is 32.3. The molecule has 0 unspecified atom stereocenters. The molecule has 88 valence electrons. The van der Waals surface area contributed by atoms with Crippen LogP contribution in [0.1, 0.15) is 30.9 Å². The molecule has 1 N–H and O–H groups in total. The summed E-state index contributed by atoms with van der Waals surface area (Å²) in [5, 5.41) is 3.13. The molecular formula is C12H15F2NO. The van der Waals surface area contributed by atoms with Crippen LogP contribution < -0.4 is 10.1 Å². The molecule has 0 spiro atoms. The van der Waals surface area contributed by atoms with Crippen molar-refractivity contribution in [3.05, 3.63) is 29.3 Å². The average Bonchev–Trinajstić information content (AvgIpc) is 2.29. The summed E-state index contributed by atoms with van der Waals surface area (Å²) in [6.45, 7) is 0.815. The van der Waals surface area contributed by atoms with Crippen molar-refractivity contribution in [3.63, 3.8) is 0 Å². The normalized spacial score (nSPS) is 20.8. The zero-order valence-corrected chi connectivity index (χ0v) is 9.22. The summed E-state index contributed by atoms with van der Waals surface area (Å²) >= 11 is 0. The maximum Gasteiger partial charge on any atom is 0.134 e. The summed E-state index contributed by atoms with van der Waals surface area (Å²) in [6, 6.07) is 2.25. The first-order chi connectivity index (χ1) is 7.72. The van der Waals surface area contributed by atoms with Crippen molar-refractivity contribution < 1.29 is 13.5 Å². The Morgan fingerprint density at radius 2 is 1.94 bits per heavy atom. The fourth-order valence-electron chi connectivity index (χ4n) is 2.11. The quantitative estimate of drug-likeness (QED) is 0.838. The Kier molecular flexibility index (Phi) is 3.39. The van der Waals surface area contributed by atoms with Crippen LogP contribution in [0, 0.1) is 11.6 Å². The van der Waals surface area contributed by atoms with E-state index in [1.54, 1.807) is 0 Å². The molecule has 0 bridgehead atoms. The Morgan fingerprint density at radius 1 is 1.25 bits per heavy atom. The first-order valence-electron chi connectivity index (χ1n) is 5.48. The molecule has 0 aliphatic carbocycles. The summed E-state index contributed by atoms with van der Waals surface area (Å²) in [7, 11) is 1.40. The Bertz CT molecular complexity index is 352. The fourth-order valence-corrected chi connectivity index (χ4v) is 2.11. The summed E-state index contributed by atoms with van der Waals surface area (Å²) in [5.74, 6) is -0.845. The van der Waals surface area contributed by atoms with E-state index in [-0.39, 0.29) is 17.4 Å². The number of hydrogen-bond donors (Lipinski definition) is 1. The molecule has 16 heavy (non-hydrogen) atoms. The van der Waals surface area contributed by atoms with Gasteiger partial charge < -0.3 is 10.1 Å². The van der Waals surface area contributed by atoms with Gasteiger partial charge in [-0.15, -0.1) is 0 Å². The molecule has 1 heterocycles. The van der Waals surface area contributed by atoms with Crippen LogP contribution in [-0.4, -0.2) is 13.7 Å². The molecule has 0 radical (unpaired) electrons. The molecule has 2 rings (SSSR count). The summed E-state index contributed by atoms with van der Waals surface area (Å²) in [4.78, 5) is 0. The molecule has 1 fully saturated rings. The highest BCUT2D eigenvalue weighted by molar-refractivity contribution is 5.32. The molecule has 0 amide bonds. The van der Waals surface area contributed by atoms with Gasteiger partial charge in [-0.05, 0) is 19.4 Å². The number of piperidine rings is 1. The van der Waals surface area contributed by atoms with E-state index in [0.717, 1.165) is 25.8 Å². The predicted octanol–water partition coefficient (Wildman–Crippen LogP) is 2.79. The van der Waals surface area contributed by atoms with Crippen LogP contribution >= 0.6 is 0 Å². The van der Waals surface area contributed by atoms with Gasteiger partial charge in [-0.3, -0.25) is 0 Å². The van der Waals surface area contributed by atoms with Gasteiger partial charge in [0.15, 0.2) is 0 Å². The topological polar surface area (TPSA) is 21.3 Å². The lowest BCUT2D eigenvalue weighted by Crippen LogP contribution is -2.28. The second-order valence-electron chi connectivity index (χ2n) is 4.01. The number of hydrogen-bond acceptors (Lipinski definition) is 2. The van der Waals surface area contributed by atoms with Crippen LogP contribution in [0.15, 0.2) is 12.1 Å². The van der Waals surface area contributed by atoms with Crippen LogP contribution in [0.2, 0.25) is 0 Å². The van der Waals surface area contributed by atoms with Gasteiger partial charge in [-0.1, -0.05) is 6.42 Å². The highest BCUT2D eigenvalue weighted by Crippen LogP contribution is 2.30. The molecule has 2 nitrogen and oxygen atoms in total. The van der Waals surface area contributed by atoms with Crippen LogP contribution in [0.25, 0.3) is 0 Å². The van der Waals surface area contributed by atoms with E-state index in [1.165, 1.54) is 19.2 Å². The fraction of sp³-hybridized carbons (Fsp3) is 0.500. The summed E-state index contributed by atoms with van der Waals surface area (Å²) in [5.41, 5.74) is 0.139. The number of rotatable bonds is 2. The van der Waals surface area contributed by atoms with Gasteiger partial charge in [0.2, 0.25) is 0 Å². The Balaban J connectivity index is 2.32. The molecule has 1 aliphatic rings. The maximum atomic E-state index is 13.7. The van der Waals surface area contributed by atoms with Crippen LogP contribution in [0.4, 0.5) is 8.78 Å². The standard InChI is InChI=1S/C12H15F2NO/c1-16-8-6-9(13)12(10(14)7-8)11-4-2-3-5-15-11/h6-7,11,15H,2-5H2,1H3/t11-/m0/s1. The molecule has 1 aromatic carbocycles. The zero-order chi connectivity index (χ0) is 11.5. The molecule has 1 aliphatic heterocycles. The Labute approximate surface area is 93.6 Å². The highest BCUT2D eigenvalue weighted by Gasteiger charge is 2.22. The number of halogens is 2. The Morgan fingerprint density at radius 3 is 2.44 bits per heavy atom. The van der Waals surface area contributed by atoms with E-state index >= 15 is 0 Å². The third kappa shape index (κ3) is 2.16. The smallest absolute Gasteiger partial charge is 0.134 e. The van der Waals surface area contributed by atoms with Crippen molar-refractivity contribution in [1.29, 1.82) is 0 Å². The van der Waals surface area contributed by atoms with Gasteiger partial charge in [0.1, 0.15) is 17.4 Å². The molecule has 1 saturated heterocycles. The molecule has 0 aromatic heterocycles. The van der Waals surface area contributed by atoms with Gasteiger partial charge in [0, 0.05) is 23.7 Å². The monoisotopic (exact) mass is 227 g/mol. The summed E-state index contributed by atoms with van der Waals surface area (Å²) in [6.07, 6.45) is 2.85. The van der Waals surface area contributed by atoms with Crippen molar-refractivity contribution in [2.75, 3.05) is 13.7 Å². The van der Waals surface area contributed by atoms with Crippen LogP contribution in [0.3, 0.4) is 0 Å². The van der Waals surface area contributed by atoms with Gasteiger partial charge in [-0.25, -0.2) is 8.78 Å². The number of methoxy groups -OCH3 is 1. The minimum atomic E-state index is -0.531.